The van der Waals surface area contributed by atoms with Crippen LogP contribution >= 0.6 is 0 Å². The SMILES string of the molecule is Cc1[c]ccc(OC(=O)c2ccc(OCCCCCCCCOc3ccc(C(=O)c4ccccc4)c(O)c3)cc2)c1. The molecule has 4 aromatic carbocycles. The molecule has 0 unspecified atom stereocenters. The van der Waals surface area contributed by atoms with Crippen molar-refractivity contribution in [1.82, 2.24) is 0 Å². The van der Waals surface area contributed by atoms with E-state index < -0.39 is 5.97 Å². The highest BCUT2D eigenvalue weighted by Gasteiger charge is 2.14. The monoisotopic (exact) mass is 551 g/mol. The number of phenolic OH excluding ortho intramolecular Hbond substituents is 1. The number of ketones is 1. The van der Waals surface area contributed by atoms with Crippen LogP contribution in [0, 0.1) is 13.0 Å². The van der Waals surface area contributed by atoms with Gasteiger partial charge in [-0.15, -0.1) is 0 Å². The van der Waals surface area contributed by atoms with Crippen molar-refractivity contribution >= 4 is 11.8 Å². The van der Waals surface area contributed by atoms with Gasteiger partial charge in [0.05, 0.1) is 24.3 Å². The Hall–Kier alpha value is -4.58. The number of unbranched alkanes of at least 4 members (excludes halogenated alkanes) is 5. The average Bonchev–Trinajstić information content (AvgIpc) is 2.98. The quantitative estimate of drug-likeness (QED) is 0.0704. The van der Waals surface area contributed by atoms with Crippen molar-refractivity contribution in [2.24, 2.45) is 0 Å². The summed E-state index contributed by atoms with van der Waals surface area (Å²) in [7, 11) is 0. The maximum atomic E-state index is 12.5. The van der Waals surface area contributed by atoms with Crippen molar-refractivity contribution in [3.05, 3.63) is 119 Å². The van der Waals surface area contributed by atoms with Gasteiger partial charge in [-0.05, 0) is 79.9 Å². The van der Waals surface area contributed by atoms with Gasteiger partial charge in [0.25, 0.3) is 0 Å². The van der Waals surface area contributed by atoms with E-state index in [-0.39, 0.29) is 17.1 Å². The molecule has 0 aliphatic carbocycles. The second-order valence-corrected chi connectivity index (χ2v) is 9.81. The predicted molar refractivity (Wildman–Crippen MR) is 158 cm³/mol. The summed E-state index contributed by atoms with van der Waals surface area (Å²) in [6, 6.07) is 29.0. The van der Waals surface area contributed by atoms with Crippen molar-refractivity contribution in [1.29, 1.82) is 0 Å². The van der Waals surface area contributed by atoms with Crippen LogP contribution in [-0.4, -0.2) is 30.1 Å². The molecule has 0 heterocycles. The third kappa shape index (κ3) is 9.24. The van der Waals surface area contributed by atoms with E-state index in [1.165, 1.54) is 6.07 Å². The lowest BCUT2D eigenvalue weighted by Crippen LogP contribution is -2.08. The number of carbonyl (C=O) groups excluding carboxylic acids is 2. The van der Waals surface area contributed by atoms with Crippen LogP contribution in [-0.2, 0) is 0 Å². The lowest BCUT2D eigenvalue weighted by atomic mass is 10.0. The lowest BCUT2D eigenvalue weighted by Gasteiger charge is -2.09. The third-order valence-electron chi connectivity index (χ3n) is 6.54. The Morgan fingerprint density at radius 3 is 1.98 bits per heavy atom. The summed E-state index contributed by atoms with van der Waals surface area (Å²) in [4.78, 5) is 24.9. The number of aromatic hydroxyl groups is 1. The normalized spacial score (nSPS) is 10.7. The number of phenols is 1. The summed E-state index contributed by atoms with van der Waals surface area (Å²) >= 11 is 0. The second kappa shape index (κ2) is 15.3. The molecule has 0 bridgehead atoms. The Kier molecular flexibility index (Phi) is 11.0. The summed E-state index contributed by atoms with van der Waals surface area (Å²) in [6.45, 7) is 3.08. The highest BCUT2D eigenvalue weighted by molar-refractivity contribution is 6.10. The molecule has 0 amide bonds. The second-order valence-electron chi connectivity index (χ2n) is 9.81. The molecule has 0 saturated heterocycles. The van der Waals surface area contributed by atoms with Crippen LogP contribution in [0.4, 0.5) is 0 Å². The van der Waals surface area contributed by atoms with Crippen LogP contribution < -0.4 is 14.2 Å². The largest absolute Gasteiger partial charge is 0.507 e. The number of carbonyl (C=O) groups is 2. The molecule has 0 spiro atoms. The molecule has 6 heteroatoms. The van der Waals surface area contributed by atoms with Gasteiger partial charge in [-0.2, -0.15) is 0 Å². The van der Waals surface area contributed by atoms with Crippen LogP contribution in [0.15, 0.2) is 91.0 Å². The average molecular weight is 552 g/mol. The molecule has 0 aromatic heterocycles. The molecular formula is C35H35O6. The number of ether oxygens (including phenoxy) is 3. The van der Waals surface area contributed by atoms with Gasteiger partial charge in [0.15, 0.2) is 5.78 Å². The summed E-state index contributed by atoms with van der Waals surface area (Å²) in [5.41, 5.74) is 2.18. The van der Waals surface area contributed by atoms with Gasteiger partial charge in [-0.1, -0.05) is 62.1 Å². The Morgan fingerprint density at radius 1 is 0.683 bits per heavy atom. The summed E-state index contributed by atoms with van der Waals surface area (Å²) < 4.78 is 17.0. The standard InChI is InChI=1S/C35H35O6/c1-26-12-11-15-31(24-26)41-35(38)28-16-18-29(19-17-28)39-22-9-4-2-3-5-10-23-40-30-20-21-32(33(36)25-30)34(37)27-13-7-6-8-14-27/h6-8,11,13-21,24-25,36H,2-5,9-10,22-23H2,1H3. The first kappa shape index (κ1) is 29.4. The number of benzene rings is 4. The fourth-order valence-corrected chi connectivity index (χ4v) is 4.30. The first-order chi connectivity index (χ1) is 20.0. The molecule has 1 radical (unpaired) electrons. The lowest BCUT2D eigenvalue weighted by molar-refractivity contribution is 0.0734. The van der Waals surface area contributed by atoms with Gasteiger partial charge < -0.3 is 19.3 Å². The van der Waals surface area contributed by atoms with Gasteiger partial charge in [-0.25, -0.2) is 4.79 Å². The molecule has 4 rings (SSSR count). The minimum absolute atomic E-state index is 0.0749. The van der Waals surface area contributed by atoms with Gasteiger partial charge >= 0.3 is 5.97 Å². The number of hydrogen-bond acceptors (Lipinski definition) is 6. The number of aryl methyl sites for hydroxylation is 1. The van der Waals surface area contributed by atoms with E-state index in [1.807, 2.05) is 13.0 Å². The maximum absolute atomic E-state index is 12.5. The zero-order valence-electron chi connectivity index (χ0n) is 23.3. The molecule has 0 aliphatic heterocycles. The highest BCUT2D eigenvalue weighted by Crippen LogP contribution is 2.26. The molecule has 0 fully saturated rings. The number of hydrogen-bond donors (Lipinski definition) is 1. The Morgan fingerprint density at radius 2 is 1.32 bits per heavy atom. The predicted octanol–water partition coefficient (Wildman–Crippen LogP) is 7.75. The summed E-state index contributed by atoms with van der Waals surface area (Å²) in [5, 5.41) is 10.3. The van der Waals surface area contributed by atoms with Crippen LogP contribution in [0.2, 0.25) is 0 Å². The smallest absolute Gasteiger partial charge is 0.343 e. The van der Waals surface area contributed by atoms with Crippen LogP contribution in [0.1, 0.15) is 70.4 Å². The molecule has 0 saturated carbocycles. The fraction of sp³-hybridized carbons (Fsp3) is 0.257. The molecule has 0 aliphatic rings. The van der Waals surface area contributed by atoms with Gasteiger partial charge in [0.2, 0.25) is 0 Å². The van der Waals surface area contributed by atoms with E-state index in [4.69, 9.17) is 14.2 Å². The van der Waals surface area contributed by atoms with Gasteiger partial charge in [0, 0.05) is 11.6 Å². The number of esters is 1. The Labute approximate surface area is 241 Å². The van der Waals surface area contributed by atoms with Crippen LogP contribution in [0.3, 0.4) is 0 Å². The first-order valence-electron chi connectivity index (χ1n) is 14.0. The topological polar surface area (TPSA) is 82.1 Å². The molecule has 211 valence electrons. The zero-order valence-corrected chi connectivity index (χ0v) is 23.3. The van der Waals surface area contributed by atoms with E-state index in [2.05, 4.69) is 6.07 Å². The van der Waals surface area contributed by atoms with E-state index >= 15 is 0 Å². The van der Waals surface area contributed by atoms with Crippen molar-refractivity contribution in [3.8, 4) is 23.0 Å². The van der Waals surface area contributed by atoms with Crippen LogP contribution in [0.5, 0.6) is 23.0 Å². The van der Waals surface area contributed by atoms with E-state index in [1.54, 1.807) is 78.9 Å². The summed E-state index contributed by atoms with van der Waals surface area (Å²) in [6.07, 6.45) is 6.22. The Balaban J connectivity index is 1.05. The molecule has 41 heavy (non-hydrogen) atoms. The summed E-state index contributed by atoms with van der Waals surface area (Å²) in [5.74, 6) is 1.09. The van der Waals surface area contributed by atoms with Gasteiger partial charge in [0.1, 0.15) is 23.0 Å². The molecule has 0 atom stereocenters. The highest BCUT2D eigenvalue weighted by atomic mass is 16.5. The van der Waals surface area contributed by atoms with Crippen molar-refractivity contribution in [2.45, 2.75) is 45.4 Å². The van der Waals surface area contributed by atoms with E-state index in [0.717, 1.165) is 49.8 Å². The fourth-order valence-electron chi connectivity index (χ4n) is 4.30. The molecular weight excluding hydrogens is 516 g/mol. The molecule has 6 nitrogen and oxygen atoms in total. The zero-order chi connectivity index (χ0) is 28.9. The van der Waals surface area contributed by atoms with Crippen molar-refractivity contribution in [2.75, 3.05) is 13.2 Å². The van der Waals surface area contributed by atoms with Crippen LogP contribution in [0.25, 0.3) is 0 Å². The Bertz CT molecular complexity index is 1410. The van der Waals surface area contributed by atoms with Crippen molar-refractivity contribution in [3.63, 3.8) is 0 Å². The maximum Gasteiger partial charge on any atom is 0.343 e. The molecule has 4 aromatic rings. The number of rotatable bonds is 15. The minimum atomic E-state index is -0.404. The van der Waals surface area contributed by atoms with E-state index in [9.17, 15) is 14.7 Å². The third-order valence-corrected chi connectivity index (χ3v) is 6.54. The first-order valence-corrected chi connectivity index (χ1v) is 14.0. The van der Waals surface area contributed by atoms with Crippen molar-refractivity contribution < 1.29 is 28.9 Å². The van der Waals surface area contributed by atoms with Gasteiger partial charge in [-0.3, -0.25) is 4.79 Å². The molecule has 1 N–H and O–H groups in total. The minimum Gasteiger partial charge on any atom is -0.507 e. The van der Waals surface area contributed by atoms with E-state index in [0.29, 0.717) is 35.8 Å².